The minimum absolute atomic E-state index is 0.0417. The summed E-state index contributed by atoms with van der Waals surface area (Å²) in [5.74, 6) is -0.219. The van der Waals surface area contributed by atoms with Crippen molar-refractivity contribution in [2.45, 2.75) is 19.4 Å². The second-order valence-electron chi connectivity index (χ2n) is 2.64. The van der Waals surface area contributed by atoms with E-state index in [-0.39, 0.29) is 11.8 Å². The zero-order valence-corrected chi connectivity index (χ0v) is 6.15. The molecule has 5 nitrogen and oxygen atoms in total. The van der Waals surface area contributed by atoms with Crippen LogP contribution in [0.2, 0.25) is 0 Å². The van der Waals surface area contributed by atoms with Gasteiger partial charge in [-0.05, 0) is 13.8 Å². The third-order valence-electron chi connectivity index (χ3n) is 0.904. The first-order chi connectivity index (χ1) is 4.34. The molecule has 0 fully saturated rings. The molecular formula is C5H13N5. The van der Waals surface area contributed by atoms with Crippen LogP contribution in [-0.2, 0) is 0 Å². The molecule has 0 aliphatic carbocycles. The predicted octanol–water partition coefficient (Wildman–Crippen LogP) is -0.816. The van der Waals surface area contributed by atoms with E-state index < -0.39 is 5.54 Å². The van der Waals surface area contributed by atoms with Gasteiger partial charge in [0.15, 0.2) is 5.96 Å². The fraction of sp³-hybridized carbons (Fsp3) is 0.600. The van der Waals surface area contributed by atoms with Crippen LogP contribution in [0, 0.1) is 10.8 Å². The van der Waals surface area contributed by atoms with Gasteiger partial charge in [-0.15, -0.1) is 0 Å². The van der Waals surface area contributed by atoms with Crippen LogP contribution in [0.3, 0.4) is 0 Å². The van der Waals surface area contributed by atoms with Crippen molar-refractivity contribution in [2.75, 3.05) is 0 Å². The van der Waals surface area contributed by atoms with Crippen LogP contribution in [0.25, 0.3) is 0 Å². The van der Waals surface area contributed by atoms with Crippen LogP contribution in [0.4, 0.5) is 0 Å². The molecule has 0 saturated heterocycles. The van der Waals surface area contributed by atoms with E-state index in [1.54, 1.807) is 13.8 Å². The van der Waals surface area contributed by atoms with Crippen molar-refractivity contribution in [1.82, 2.24) is 5.32 Å². The molecule has 0 aliphatic rings. The highest BCUT2D eigenvalue weighted by molar-refractivity contribution is 6.00. The van der Waals surface area contributed by atoms with Gasteiger partial charge in [0, 0.05) is 0 Å². The van der Waals surface area contributed by atoms with Gasteiger partial charge in [-0.2, -0.15) is 0 Å². The summed E-state index contributed by atoms with van der Waals surface area (Å²) in [5.41, 5.74) is 9.70. The lowest BCUT2D eigenvalue weighted by Gasteiger charge is -2.19. The third-order valence-corrected chi connectivity index (χ3v) is 0.904. The van der Waals surface area contributed by atoms with Crippen molar-refractivity contribution in [3.05, 3.63) is 0 Å². The van der Waals surface area contributed by atoms with Crippen LogP contribution in [0.1, 0.15) is 13.8 Å². The molecule has 5 heteroatoms. The Labute approximate surface area is 59.8 Å². The van der Waals surface area contributed by atoms with Crippen molar-refractivity contribution in [3.8, 4) is 0 Å². The molecule has 0 radical (unpaired) electrons. The Morgan fingerprint density at radius 2 is 1.80 bits per heavy atom. The summed E-state index contributed by atoms with van der Waals surface area (Å²) >= 11 is 0. The number of guanidine groups is 1. The maximum absolute atomic E-state index is 7.21. The van der Waals surface area contributed by atoms with Crippen molar-refractivity contribution in [3.63, 3.8) is 0 Å². The van der Waals surface area contributed by atoms with Crippen molar-refractivity contribution in [2.24, 2.45) is 11.5 Å². The van der Waals surface area contributed by atoms with Gasteiger partial charge in [0.1, 0.15) is 5.84 Å². The molecule has 0 unspecified atom stereocenters. The monoisotopic (exact) mass is 143 g/mol. The standard InChI is InChI=1S/C5H13N5/c1-5(2,9)3(6)10-4(7)8/h9H2,1-2H3,(H5,6,7,8,10). The molecule has 0 spiro atoms. The number of hydrogen-bond acceptors (Lipinski definition) is 3. The molecule has 7 N–H and O–H groups in total. The van der Waals surface area contributed by atoms with E-state index in [1.807, 2.05) is 0 Å². The minimum atomic E-state index is -0.758. The molecule has 0 aromatic rings. The minimum Gasteiger partial charge on any atom is -0.370 e. The average Bonchev–Trinajstić information content (AvgIpc) is 1.60. The summed E-state index contributed by atoms with van der Waals surface area (Å²) in [6, 6.07) is 0. The van der Waals surface area contributed by atoms with Gasteiger partial charge >= 0.3 is 0 Å². The summed E-state index contributed by atoms with van der Waals surface area (Å²) < 4.78 is 0. The second-order valence-corrected chi connectivity index (χ2v) is 2.64. The van der Waals surface area contributed by atoms with E-state index in [9.17, 15) is 0 Å². The lowest BCUT2D eigenvalue weighted by molar-refractivity contribution is 0.677. The molecule has 0 amide bonds. The van der Waals surface area contributed by atoms with Crippen LogP contribution in [0.15, 0.2) is 0 Å². The summed E-state index contributed by atoms with van der Waals surface area (Å²) in [6.45, 7) is 3.32. The molecule has 0 aliphatic heterocycles. The van der Waals surface area contributed by atoms with Gasteiger partial charge in [-0.3, -0.25) is 10.8 Å². The Balaban J connectivity index is 3.99. The zero-order valence-electron chi connectivity index (χ0n) is 6.15. The third kappa shape index (κ3) is 3.03. The predicted molar refractivity (Wildman–Crippen MR) is 41.0 cm³/mol. The maximum atomic E-state index is 7.21. The summed E-state index contributed by atoms with van der Waals surface area (Å²) in [4.78, 5) is 0. The fourth-order valence-electron chi connectivity index (χ4n) is 0.296. The van der Waals surface area contributed by atoms with E-state index in [0.29, 0.717) is 0 Å². The Kier molecular flexibility index (Phi) is 2.36. The Hall–Kier alpha value is -1.10. The quantitative estimate of drug-likeness (QED) is 0.244. The molecule has 58 valence electrons. The van der Waals surface area contributed by atoms with Crippen molar-refractivity contribution < 1.29 is 0 Å². The topological polar surface area (TPSA) is 112 Å². The van der Waals surface area contributed by atoms with Gasteiger partial charge in [0.25, 0.3) is 0 Å². The highest BCUT2D eigenvalue weighted by Gasteiger charge is 2.17. The number of amidine groups is 1. The SMILES string of the molecule is CC(C)(N)C(=N)NC(=N)N. The van der Waals surface area contributed by atoms with Crippen molar-refractivity contribution >= 4 is 11.8 Å². The number of hydrogen-bond donors (Lipinski definition) is 5. The van der Waals surface area contributed by atoms with E-state index in [4.69, 9.17) is 22.3 Å². The molecule has 10 heavy (non-hydrogen) atoms. The van der Waals surface area contributed by atoms with Gasteiger partial charge in [-0.1, -0.05) is 0 Å². The molecular weight excluding hydrogens is 130 g/mol. The first kappa shape index (κ1) is 8.90. The normalized spacial score (nSPS) is 10.7. The lowest BCUT2D eigenvalue weighted by Crippen LogP contribution is -2.52. The van der Waals surface area contributed by atoms with E-state index in [2.05, 4.69) is 5.32 Å². The maximum Gasteiger partial charge on any atom is 0.191 e. The molecule has 0 aromatic carbocycles. The Morgan fingerprint density at radius 3 is 1.90 bits per heavy atom. The van der Waals surface area contributed by atoms with E-state index in [0.717, 1.165) is 0 Å². The summed E-state index contributed by atoms with van der Waals surface area (Å²) in [7, 11) is 0. The molecule has 0 atom stereocenters. The smallest absolute Gasteiger partial charge is 0.191 e. The van der Waals surface area contributed by atoms with Crippen LogP contribution in [-0.4, -0.2) is 17.3 Å². The number of rotatable bonds is 1. The van der Waals surface area contributed by atoms with Crippen LogP contribution >= 0.6 is 0 Å². The first-order valence-corrected chi connectivity index (χ1v) is 2.83. The van der Waals surface area contributed by atoms with Gasteiger partial charge < -0.3 is 16.8 Å². The van der Waals surface area contributed by atoms with Crippen molar-refractivity contribution in [1.29, 1.82) is 10.8 Å². The first-order valence-electron chi connectivity index (χ1n) is 2.83. The molecule has 0 rings (SSSR count). The Bertz CT molecular complexity index is 154. The number of nitrogens with one attached hydrogen (secondary N) is 3. The van der Waals surface area contributed by atoms with Gasteiger partial charge in [0.2, 0.25) is 0 Å². The largest absolute Gasteiger partial charge is 0.370 e. The lowest BCUT2D eigenvalue weighted by atomic mass is 10.1. The van der Waals surface area contributed by atoms with E-state index >= 15 is 0 Å². The summed E-state index contributed by atoms with van der Waals surface area (Å²) in [5, 5.41) is 16.3. The van der Waals surface area contributed by atoms with Crippen LogP contribution < -0.4 is 16.8 Å². The van der Waals surface area contributed by atoms with Crippen LogP contribution in [0.5, 0.6) is 0 Å². The Morgan fingerprint density at radius 1 is 1.40 bits per heavy atom. The molecule has 0 bridgehead atoms. The van der Waals surface area contributed by atoms with E-state index in [1.165, 1.54) is 0 Å². The zero-order chi connectivity index (χ0) is 8.36. The highest BCUT2D eigenvalue weighted by atomic mass is 15.1. The molecule has 0 heterocycles. The molecule has 0 aromatic heterocycles. The second kappa shape index (κ2) is 2.66. The number of nitrogens with two attached hydrogens (primary N) is 2. The van der Waals surface area contributed by atoms with Gasteiger partial charge in [-0.25, -0.2) is 0 Å². The average molecular weight is 143 g/mol. The fourth-order valence-corrected chi connectivity index (χ4v) is 0.296. The van der Waals surface area contributed by atoms with Gasteiger partial charge in [0.05, 0.1) is 5.54 Å². The molecule has 0 saturated carbocycles. The summed E-state index contributed by atoms with van der Waals surface area (Å²) in [6.07, 6.45) is 0. The highest BCUT2D eigenvalue weighted by Crippen LogP contribution is 1.94.